The minimum Gasteiger partial charge on any atom is -0.293 e. The molecule has 24 heavy (non-hydrogen) atoms. The van der Waals surface area contributed by atoms with Crippen LogP contribution in [-0.2, 0) is 0 Å². The molecule has 122 valence electrons. The summed E-state index contributed by atoms with van der Waals surface area (Å²) in [5.41, 5.74) is -1.21. The number of carbonyl (C=O) groups excluding carboxylic acids is 2. The zero-order chi connectivity index (χ0) is 18.1. The molecule has 2 atom stereocenters. The molecule has 1 aromatic carbocycles. The Bertz CT molecular complexity index is 838. The van der Waals surface area contributed by atoms with Gasteiger partial charge in [0.15, 0.2) is 23.2 Å². The maximum Gasteiger partial charge on any atom is 0.174 e. The van der Waals surface area contributed by atoms with Crippen LogP contribution in [0.3, 0.4) is 0 Å². The minimum atomic E-state index is -1.34. The molecule has 2 unspecified atom stereocenters. The fourth-order valence-corrected chi connectivity index (χ4v) is 4.36. The molecule has 0 amide bonds. The zero-order valence-electron chi connectivity index (χ0n) is 12.2. The fraction of sp³-hybridized carbons (Fsp3) is 0.143. The number of benzene rings is 1. The Morgan fingerprint density at radius 3 is 1.29 bits per heavy atom. The summed E-state index contributed by atoms with van der Waals surface area (Å²) < 4.78 is 54.9. The molecule has 0 spiro atoms. The molecule has 3 rings (SSSR count). The molecule has 0 aliphatic heterocycles. The summed E-state index contributed by atoms with van der Waals surface area (Å²) >= 11 is 5.59. The van der Waals surface area contributed by atoms with E-state index < -0.39 is 55.6 Å². The Kier molecular flexibility index (Phi) is 4.19. The van der Waals surface area contributed by atoms with E-state index >= 15 is 0 Å². The van der Waals surface area contributed by atoms with Crippen molar-refractivity contribution in [1.82, 2.24) is 0 Å². The van der Waals surface area contributed by atoms with Crippen LogP contribution in [0.5, 0.6) is 0 Å². The van der Waals surface area contributed by atoms with E-state index in [1.165, 1.54) is 15.7 Å². The molecular weight excluding hydrogens is 458 g/mol. The van der Waals surface area contributed by atoms with E-state index in [9.17, 15) is 27.2 Å². The van der Waals surface area contributed by atoms with Gasteiger partial charge in [-0.15, -0.1) is 0 Å². The van der Waals surface area contributed by atoms with Crippen LogP contribution in [0.1, 0.15) is 20.7 Å². The lowest BCUT2D eigenvalue weighted by Crippen LogP contribution is -2.42. The third-order valence-electron chi connectivity index (χ3n) is 4.48. The molecule has 0 N–H and O–H groups in total. The van der Waals surface area contributed by atoms with E-state index in [0.717, 1.165) is 0 Å². The van der Waals surface area contributed by atoms with Gasteiger partial charge in [-0.05, 0) is 31.9 Å². The Morgan fingerprint density at radius 1 is 0.708 bits per heavy atom. The van der Waals surface area contributed by atoms with Crippen molar-refractivity contribution in [3.05, 3.63) is 54.3 Å². The van der Waals surface area contributed by atoms with Crippen LogP contribution in [0.4, 0.5) is 17.6 Å². The van der Waals surface area contributed by atoms with E-state index in [4.69, 9.17) is 0 Å². The first-order valence-electron chi connectivity index (χ1n) is 6.78. The number of rotatable bonds is 0. The van der Waals surface area contributed by atoms with Gasteiger partial charge in [0.25, 0.3) is 0 Å². The monoisotopic (exact) mass is 462 g/mol. The van der Waals surface area contributed by atoms with Crippen LogP contribution in [0.2, 0.25) is 0 Å². The lowest BCUT2D eigenvalue weighted by Gasteiger charge is -2.36. The molecule has 0 aromatic heterocycles. The average molecular weight is 464 g/mol. The SMILES string of the molecule is BC1=C(F)C(F)=C(B)C2C(=O)c3c(Br)c(F)c(F)c(Br)c3C(=O)C12. The van der Waals surface area contributed by atoms with E-state index in [0.29, 0.717) is 0 Å². The molecular formula is C14H6B2Br2F4O2. The van der Waals surface area contributed by atoms with Crippen molar-refractivity contribution in [2.75, 3.05) is 0 Å². The van der Waals surface area contributed by atoms with Crippen LogP contribution in [-0.4, -0.2) is 27.3 Å². The standard InChI is InChI=1S/C14H6B2Br2F4O2/c15-5-1-2(6(16)10(20)9(5)19)14(24)4-3(13(1)23)7(17)11(21)12(22)8(4)18/h1-2H,15-16H2. The number of carbonyl (C=O) groups is 2. The van der Waals surface area contributed by atoms with Gasteiger partial charge in [0, 0.05) is 11.1 Å². The predicted molar refractivity (Wildman–Crippen MR) is 90.8 cm³/mol. The van der Waals surface area contributed by atoms with Crippen LogP contribution in [0, 0.1) is 23.5 Å². The summed E-state index contributed by atoms with van der Waals surface area (Å²) in [7, 11) is 2.41. The maximum atomic E-state index is 14.0. The number of Topliss-reactive ketones (excluding diaryl/α,β-unsaturated/α-hetero) is 2. The summed E-state index contributed by atoms with van der Waals surface area (Å²) in [6.07, 6.45) is 0. The molecule has 0 bridgehead atoms. The largest absolute Gasteiger partial charge is 0.293 e. The molecule has 0 radical (unpaired) electrons. The zero-order valence-corrected chi connectivity index (χ0v) is 15.4. The minimum absolute atomic E-state index is 0.236. The molecule has 10 heteroatoms. The lowest BCUT2D eigenvalue weighted by atomic mass is 9.58. The fourth-order valence-electron chi connectivity index (χ4n) is 3.22. The number of allylic oxidation sites excluding steroid dienone is 4. The number of fused-ring (bicyclic) bond motifs is 2. The normalized spacial score (nSPS) is 23.6. The Balaban J connectivity index is 2.40. The lowest BCUT2D eigenvalue weighted by molar-refractivity contribution is 0.0787. The van der Waals surface area contributed by atoms with Crippen molar-refractivity contribution in [3.8, 4) is 0 Å². The average Bonchev–Trinajstić information content (AvgIpc) is 2.55. The summed E-state index contributed by atoms with van der Waals surface area (Å²) in [5.74, 6) is -9.16. The molecule has 1 aromatic rings. The van der Waals surface area contributed by atoms with Crippen LogP contribution < -0.4 is 0 Å². The van der Waals surface area contributed by atoms with Crippen LogP contribution >= 0.6 is 31.9 Å². The van der Waals surface area contributed by atoms with Gasteiger partial charge in [0.2, 0.25) is 0 Å². The highest BCUT2D eigenvalue weighted by Crippen LogP contribution is 2.48. The van der Waals surface area contributed by atoms with Gasteiger partial charge in [0.05, 0.1) is 20.8 Å². The number of ketones is 2. The van der Waals surface area contributed by atoms with Gasteiger partial charge in [-0.1, -0.05) is 10.9 Å². The molecule has 2 aliphatic carbocycles. The Morgan fingerprint density at radius 2 is 1.00 bits per heavy atom. The second-order valence-corrected chi connectivity index (χ2v) is 7.27. The van der Waals surface area contributed by atoms with Gasteiger partial charge in [-0.3, -0.25) is 9.59 Å². The molecule has 2 aliphatic rings. The number of halogens is 6. The van der Waals surface area contributed by atoms with Crippen molar-refractivity contribution in [3.63, 3.8) is 0 Å². The van der Waals surface area contributed by atoms with Crippen LogP contribution in [0.15, 0.2) is 31.5 Å². The highest BCUT2D eigenvalue weighted by atomic mass is 79.9. The summed E-state index contributed by atoms with van der Waals surface area (Å²) in [4.78, 5) is 25.6. The molecule has 0 saturated carbocycles. The highest BCUT2D eigenvalue weighted by Gasteiger charge is 2.49. The molecule has 2 nitrogen and oxygen atoms in total. The van der Waals surface area contributed by atoms with Crippen molar-refractivity contribution >= 4 is 59.1 Å². The molecule has 0 heterocycles. The maximum absolute atomic E-state index is 14.0. The second kappa shape index (κ2) is 5.69. The molecule has 0 fully saturated rings. The first-order chi connectivity index (χ1) is 11.1. The van der Waals surface area contributed by atoms with Gasteiger partial charge < -0.3 is 0 Å². The van der Waals surface area contributed by atoms with Crippen molar-refractivity contribution in [1.29, 1.82) is 0 Å². The van der Waals surface area contributed by atoms with E-state index in [-0.39, 0.29) is 22.1 Å². The van der Waals surface area contributed by atoms with Crippen molar-refractivity contribution in [2.24, 2.45) is 11.8 Å². The number of hydrogen-bond donors (Lipinski definition) is 0. The molecule has 0 saturated heterocycles. The third kappa shape index (κ3) is 2.08. The summed E-state index contributed by atoms with van der Waals surface area (Å²) in [6.45, 7) is 0. The van der Waals surface area contributed by atoms with Gasteiger partial charge >= 0.3 is 0 Å². The summed E-state index contributed by atoms with van der Waals surface area (Å²) in [6, 6.07) is 0. The van der Waals surface area contributed by atoms with Crippen LogP contribution in [0.25, 0.3) is 0 Å². The quantitative estimate of drug-likeness (QED) is 0.257. The Labute approximate surface area is 152 Å². The first kappa shape index (κ1) is 17.7. The van der Waals surface area contributed by atoms with Gasteiger partial charge in [-0.25, -0.2) is 17.6 Å². The van der Waals surface area contributed by atoms with Crippen molar-refractivity contribution in [2.45, 2.75) is 0 Å². The van der Waals surface area contributed by atoms with Gasteiger partial charge in [-0.2, -0.15) is 0 Å². The first-order valence-corrected chi connectivity index (χ1v) is 8.37. The Hall–Kier alpha value is -1.15. The summed E-state index contributed by atoms with van der Waals surface area (Å²) in [5, 5.41) is 0. The van der Waals surface area contributed by atoms with Crippen molar-refractivity contribution < 1.29 is 27.2 Å². The van der Waals surface area contributed by atoms with E-state index in [2.05, 4.69) is 31.9 Å². The smallest absolute Gasteiger partial charge is 0.174 e. The predicted octanol–water partition coefficient (Wildman–Crippen LogP) is 2.74. The number of hydrogen-bond acceptors (Lipinski definition) is 2. The van der Waals surface area contributed by atoms with E-state index in [1.54, 1.807) is 0 Å². The second-order valence-electron chi connectivity index (χ2n) is 5.68. The van der Waals surface area contributed by atoms with Gasteiger partial charge in [0.1, 0.15) is 27.3 Å². The highest BCUT2D eigenvalue weighted by molar-refractivity contribution is 9.11. The van der Waals surface area contributed by atoms with E-state index in [1.807, 2.05) is 0 Å². The topological polar surface area (TPSA) is 34.1 Å². The third-order valence-corrected chi connectivity index (χ3v) is 5.97.